The lowest BCUT2D eigenvalue weighted by molar-refractivity contribution is -0.137. The molecule has 0 aromatic carbocycles. The Morgan fingerprint density at radius 1 is 0.636 bits per heavy atom. The van der Waals surface area contributed by atoms with E-state index in [1.165, 1.54) is 43.5 Å². The molecule has 3 heterocycles. The van der Waals surface area contributed by atoms with E-state index in [0.29, 0.717) is 24.8 Å². The van der Waals surface area contributed by atoms with Crippen LogP contribution < -0.4 is 0 Å². The third-order valence-electron chi connectivity index (χ3n) is 12.3. The second-order valence-corrected chi connectivity index (χ2v) is 16.6. The van der Waals surface area contributed by atoms with Crippen LogP contribution in [0.5, 0.6) is 0 Å². The number of nitrogens with zero attached hydrogens (tertiary/aromatic N) is 4. The number of unbranched alkanes of at least 4 members (excludes halogenated alkanes) is 1. The zero-order chi connectivity index (χ0) is 38.7. The van der Waals surface area contributed by atoms with Crippen molar-refractivity contribution in [1.29, 1.82) is 0 Å². The average Bonchev–Trinajstić information content (AvgIpc) is 3.81. The van der Waals surface area contributed by atoms with E-state index < -0.39 is 23.9 Å². The summed E-state index contributed by atoms with van der Waals surface area (Å²) in [7, 11) is 0. The summed E-state index contributed by atoms with van der Waals surface area (Å²) in [5.41, 5.74) is 10.3. The van der Waals surface area contributed by atoms with E-state index in [1.807, 2.05) is 20.8 Å². The van der Waals surface area contributed by atoms with Crippen LogP contribution >= 0.6 is 0 Å². The number of imide groups is 2. The highest BCUT2D eigenvalue weighted by atomic mass is 16.2. The summed E-state index contributed by atoms with van der Waals surface area (Å²) >= 11 is 0. The molecular weight excluding hydrogens is 681 g/mol. The van der Waals surface area contributed by atoms with Gasteiger partial charge in [-0.05, 0) is 112 Å². The molecule has 0 bridgehead atoms. The van der Waals surface area contributed by atoms with Gasteiger partial charge in [0, 0.05) is 47.9 Å². The minimum Gasteiger partial charge on any atom is -0.361 e. The summed E-state index contributed by atoms with van der Waals surface area (Å²) in [5, 5.41) is 0. The molecule has 4 unspecified atom stereocenters. The molecule has 5 aliphatic carbocycles. The molecule has 0 radical (unpaired) electrons. The van der Waals surface area contributed by atoms with Gasteiger partial charge in [-0.15, -0.1) is 0 Å². The molecule has 7 nitrogen and oxygen atoms in total. The Labute approximate surface area is 326 Å². The number of allylic oxidation sites excluding steroid dienone is 19. The van der Waals surface area contributed by atoms with E-state index in [2.05, 4.69) is 135 Å². The van der Waals surface area contributed by atoms with Gasteiger partial charge in [0.15, 0.2) is 0 Å². The van der Waals surface area contributed by atoms with Gasteiger partial charge in [-0.2, -0.15) is 0 Å². The lowest BCUT2D eigenvalue weighted by Crippen LogP contribution is -2.58. The van der Waals surface area contributed by atoms with Crippen LogP contribution in [0.2, 0.25) is 0 Å². The van der Waals surface area contributed by atoms with Crippen molar-refractivity contribution >= 4 is 17.8 Å². The molecule has 55 heavy (non-hydrogen) atoms. The molecule has 4 fully saturated rings. The van der Waals surface area contributed by atoms with Gasteiger partial charge in [0.1, 0.15) is 5.57 Å². The van der Waals surface area contributed by atoms with Crippen LogP contribution in [0.4, 0.5) is 4.79 Å². The molecule has 4 atom stereocenters. The minimum absolute atomic E-state index is 0.110. The van der Waals surface area contributed by atoms with E-state index in [1.54, 1.807) is 0 Å². The van der Waals surface area contributed by atoms with Gasteiger partial charge < -0.3 is 9.80 Å². The van der Waals surface area contributed by atoms with Crippen LogP contribution in [0, 0.1) is 11.8 Å². The molecule has 7 heteroatoms. The smallest absolute Gasteiger partial charge is 0.334 e. The topological polar surface area (TPSA) is 64.2 Å². The quantitative estimate of drug-likeness (QED) is 0.184. The summed E-state index contributed by atoms with van der Waals surface area (Å²) < 4.78 is 0. The van der Waals surface area contributed by atoms with E-state index in [-0.39, 0.29) is 48.1 Å². The van der Waals surface area contributed by atoms with Gasteiger partial charge in [-0.25, -0.2) is 4.79 Å². The molecule has 8 aliphatic rings. The van der Waals surface area contributed by atoms with Crippen molar-refractivity contribution in [3.63, 3.8) is 0 Å². The van der Waals surface area contributed by atoms with Gasteiger partial charge in [-0.3, -0.25) is 19.4 Å². The molecule has 3 saturated heterocycles. The van der Waals surface area contributed by atoms with Crippen LogP contribution in [-0.4, -0.2) is 74.2 Å². The molecule has 0 spiro atoms. The maximum atomic E-state index is 14.6. The fraction of sp³-hybridized carbons (Fsp3) is 0.396. The lowest BCUT2D eigenvalue weighted by Gasteiger charge is -2.37. The fourth-order valence-corrected chi connectivity index (χ4v) is 9.96. The first-order valence-corrected chi connectivity index (χ1v) is 20.4. The highest BCUT2D eigenvalue weighted by Gasteiger charge is 2.47. The summed E-state index contributed by atoms with van der Waals surface area (Å²) in [6.45, 7) is 15.0. The van der Waals surface area contributed by atoms with Gasteiger partial charge >= 0.3 is 6.03 Å². The van der Waals surface area contributed by atoms with E-state index >= 15 is 0 Å². The number of amides is 4. The minimum atomic E-state index is -0.522. The van der Waals surface area contributed by atoms with Crippen molar-refractivity contribution in [2.24, 2.45) is 11.8 Å². The van der Waals surface area contributed by atoms with Gasteiger partial charge in [0.25, 0.3) is 11.8 Å². The predicted molar refractivity (Wildman–Crippen MR) is 220 cm³/mol. The van der Waals surface area contributed by atoms with Crippen LogP contribution in [-0.2, 0) is 9.59 Å². The maximum Gasteiger partial charge on any atom is 0.334 e. The molecule has 284 valence electrons. The Balaban J connectivity index is 1.30. The van der Waals surface area contributed by atoms with Crippen LogP contribution in [0.3, 0.4) is 0 Å². The zero-order valence-corrected chi connectivity index (χ0v) is 33.3. The first kappa shape index (κ1) is 36.8. The average molecular weight is 735 g/mol. The van der Waals surface area contributed by atoms with E-state index in [0.717, 1.165) is 17.6 Å². The number of hydrogen-bond acceptors (Lipinski definition) is 5. The number of barbiturate groups is 1. The largest absolute Gasteiger partial charge is 0.361 e. The molecule has 1 saturated carbocycles. The molecule has 0 aromatic rings. The van der Waals surface area contributed by atoms with Gasteiger partial charge in [0.2, 0.25) is 0 Å². The Hall–Kier alpha value is -5.17. The van der Waals surface area contributed by atoms with Crippen molar-refractivity contribution in [3.05, 3.63) is 153 Å². The Morgan fingerprint density at radius 3 is 1.60 bits per heavy atom. The maximum absolute atomic E-state index is 14.6. The van der Waals surface area contributed by atoms with E-state index in [9.17, 15) is 14.4 Å². The van der Waals surface area contributed by atoms with Crippen LogP contribution in [0.25, 0.3) is 0 Å². The Kier molecular flexibility index (Phi) is 9.69. The van der Waals surface area contributed by atoms with Crippen LogP contribution in [0.15, 0.2) is 153 Å². The number of likely N-dealkylation sites (tertiary alicyclic amines) is 2. The SMILES string of the molecule is CCCCN1C(=O)/C(=C2C(=C/C=C3\C4=CC=CC5=CC=CC(C54)N3C(C)C)\CCC\2=C/C=C2\C3=CC=CC4=CC=CC(C43)N2C(C)C)C(=O)N(C(C)C)C1=O. The number of rotatable bonds is 8. The van der Waals surface area contributed by atoms with Gasteiger partial charge in [0.05, 0.1) is 12.1 Å². The molecular formula is C48H54N4O3. The van der Waals surface area contributed by atoms with Crippen LogP contribution in [0.1, 0.15) is 74.1 Å². The number of urea groups is 1. The first-order valence-electron chi connectivity index (χ1n) is 20.4. The van der Waals surface area contributed by atoms with Crippen molar-refractivity contribution in [2.75, 3.05) is 6.54 Å². The third-order valence-corrected chi connectivity index (χ3v) is 12.3. The fourth-order valence-electron chi connectivity index (χ4n) is 9.96. The molecule has 4 amide bonds. The summed E-state index contributed by atoms with van der Waals surface area (Å²) in [5.74, 6) is -0.435. The Morgan fingerprint density at radius 2 is 1.15 bits per heavy atom. The predicted octanol–water partition coefficient (Wildman–Crippen LogP) is 9.10. The molecule has 0 N–H and O–H groups in total. The van der Waals surface area contributed by atoms with Gasteiger partial charge in [-0.1, -0.05) is 98.4 Å². The van der Waals surface area contributed by atoms with Crippen molar-refractivity contribution in [2.45, 2.75) is 104 Å². The normalized spacial score (nSPS) is 31.1. The number of carbonyl (C=O) groups is 3. The van der Waals surface area contributed by atoms with Crippen molar-refractivity contribution in [1.82, 2.24) is 19.6 Å². The monoisotopic (exact) mass is 734 g/mol. The highest BCUT2D eigenvalue weighted by molar-refractivity contribution is 6.30. The highest BCUT2D eigenvalue weighted by Crippen LogP contribution is 2.50. The van der Waals surface area contributed by atoms with Crippen molar-refractivity contribution < 1.29 is 14.4 Å². The molecule has 0 aromatic heterocycles. The third kappa shape index (κ3) is 5.98. The standard InChI is InChI=1S/C48H54N4O3/c1-8-9-28-49-46(53)45(47(54)52(31(6)7)48(49)55)42-34(24-26-38-36-18-10-14-32-16-12-20-40(43(32)36)50(38)29(2)3)22-23-35(42)25-27-39-37-19-11-15-33-17-13-21-41(44(33)37)51(39)30(4)5/h10-21,24-27,29-31,40-41,43-44H,8-9,22-23,28H2,1-7H3/b34-24-,35-25+,38-26+,39-27+,45-42-. The number of carbonyl (C=O) groups excluding carboxylic acids is 3. The molecule has 8 rings (SSSR count). The number of hydrogen-bond donors (Lipinski definition) is 0. The van der Waals surface area contributed by atoms with E-state index in [4.69, 9.17) is 0 Å². The first-order chi connectivity index (χ1) is 26.5. The zero-order valence-electron chi connectivity index (χ0n) is 33.3. The second-order valence-electron chi connectivity index (χ2n) is 16.6. The summed E-state index contributed by atoms with van der Waals surface area (Å²) in [4.78, 5) is 50.5. The summed E-state index contributed by atoms with van der Waals surface area (Å²) in [6.07, 6.45) is 38.2. The summed E-state index contributed by atoms with van der Waals surface area (Å²) in [6, 6.07) is 0.0756. The van der Waals surface area contributed by atoms with Crippen molar-refractivity contribution in [3.8, 4) is 0 Å². The molecule has 3 aliphatic heterocycles. The lowest BCUT2D eigenvalue weighted by atomic mass is 9.81. The second kappa shape index (κ2) is 14.5. The Bertz CT molecular complexity index is 2020.